The Labute approximate surface area is 125 Å². The number of ether oxygens (including phenoxy) is 1. The van der Waals surface area contributed by atoms with Crippen LogP contribution in [-0.2, 0) is 11.3 Å². The van der Waals surface area contributed by atoms with Crippen molar-refractivity contribution in [2.75, 3.05) is 13.7 Å². The van der Waals surface area contributed by atoms with E-state index in [0.717, 1.165) is 15.6 Å². The zero-order valence-electron chi connectivity index (χ0n) is 11.3. The van der Waals surface area contributed by atoms with Crippen molar-refractivity contribution >= 4 is 15.9 Å². The van der Waals surface area contributed by atoms with E-state index in [9.17, 15) is 4.79 Å². The average Bonchev–Trinajstić information content (AvgIpc) is 2.78. The SMILES string of the molecule is COC/C(C)=C/Cn1c(-c2cccc(Br)c2)noc1=O. The lowest BCUT2D eigenvalue weighted by molar-refractivity contribution is 0.225. The molecule has 6 heteroatoms. The second-order valence-electron chi connectivity index (χ2n) is 4.38. The molecule has 0 spiro atoms. The number of rotatable bonds is 5. The molecular formula is C14H15BrN2O3. The van der Waals surface area contributed by atoms with Crippen molar-refractivity contribution < 1.29 is 9.26 Å². The fourth-order valence-corrected chi connectivity index (χ4v) is 2.20. The van der Waals surface area contributed by atoms with Gasteiger partial charge in [-0.15, -0.1) is 0 Å². The van der Waals surface area contributed by atoms with Gasteiger partial charge >= 0.3 is 5.76 Å². The van der Waals surface area contributed by atoms with Crippen molar-refractivity contribution in [1.82, 2.24) is 9.72 Å². The second-order valence-corrected chi connectivity index (χ2v) is 5.29. The van der Waals surface area contributed by atoms with Gasteiger partial charge in [-0.1, -0.05) is 44.9 Å². The van der Waals surface area contributed by atoms with Crippen LogP contribution >= 0.6 is 15.9 Å². The molecule has 20 heavy (non-hydrogen) atoms. The van der Waals surface area contributed by atoms with Crippen LogP contribution in [0, 0.1) is 0 Å². The molecule has 106 valence electrons. The summed E-state index contributed by atoms with van der Waals surface area (Å²) < 4.78 is 12.2. The Morgan fingerprint density at radius 3 is 3.05 bits per heavy atom. The van der Waals surface area contributed by atoms with E-state index in [-0.39, 0.29) is 0 Å². The van der Waals surface area contributed by atoms with Crippen LogP contribution in [0.5, 0.6) is 0 Å². The van der Waals surface area contributed by atoms with Gasteiger partial charge < -0.3 is 4.74 Å². The van der Waals surface area contributed by atoms with Crippen LogP contribution in [0.15, 0.2) is 49.7 Å². The molecule has 2 rings (SSSR count). The number of benzene rings is 1. The fraction of sp³-hybridized carbons (Fsp3) is 0.286. The lowest BCUT2D eigenvalue weighted by Crippen LogP contribution is -2.15. The first-order chi connectivity index (χ1) is 9.61. The molecule has 2 aromatic rings. The van der Waals surface area contributed by atoms with Crippen LogP contribution in [0.3, 0.4) is 0 Å². The number of halogens is 1. The predicted octanol–water partition coefficient (Wildman–Crippen LogP) is 2.86. The van der Waals surface area contributed by atoms with E-state index in [1.54, 1.807) is 7.11 Å². The molecule has 0 N–H and O–H groups in total. The van der Waals surface area contributed by atoms with Crippen molar-refractivity contribution in [3.8, 4) is 11.4 Å². The van der Waals surface area contributed by atoms with Gasteiger partial charge in [0.1, 0.15) is 0 Å². The highest BCUT2D eigenvalue weighted by molar-refractivity contribution is 9.10. The Kier molecular flexibility index (Phi) is 4.92. The van der Waals surface area contributed by atoms with Crippen molar-refractivity contribution in [2.24, 2.45) is 0 Å². The van der Waals surface area contributed by atoms with Crippen LogP contribution in [0.25, 0.3) is 11.4 Å². The van der Waals surface area contributed by atoms with Gasteiger partial charge in [0.05, 0.1) is 6.61 Å². The molecule has 5 nitrogen and oxygen atoms in total. The van der Waals surface area contributed by atoms with E-state index < -0.39 is 5.76 Å². The van der Waals surface area contributed by atoms with Crippen LogP contribution in [0.1, 0.15) is 6.92 Å². The van der Waals surface area contributed by atoms with Gasteiger partial charge in [0.2, 0.25) is 0 Å². The fourth-order valence-electron chi connectivity index (χ4n) is 1.80. The number of aromatic nitrogens is 2. The Morgan fingerprint density at radius 2 is 2.35 bits per heavy atom. The van der Waals surface area contributed by atoms with Crippen molar-refractivity contribution in [2.45, 2.75) is 13.5 Å². The third kappa shape index (κ3) is 3.46. The summed E-state index contributed by atoms with van der Waals surface area (Å²) in [5.74, 6) is 0.0409. The van der Waals surface area contributed by atoms with E-state index in [1.165, 1.54) is 4.57 Å². The van der Waals surface area contributed by atoms with Gasteiger partial charge in [0, 0.05) is 23.7 Å². The summed E-state index contributed by atoms with van der Waals surface area (Å²) in [6.07, 6.45) is 1.92. The quantitative estimate of drug-likeness (QED) is 0.786. The highest BCUT2D eigenvalue weighted by atomic mass is 79.9. The lowest BCUT2D eigenvalue weighted by atomic mass is 10.2. The molecular weight excluding hydrogens is 324 g/mol. The summed E-state index contributed by atoms with van der Waals surface area (Å²) >= 11 is 3.40. The largest absolute Gasteiger partial charge is 0.442 e. The van der Waals surface area contributed by atoms with E-state index in [0.29, 0.717) is 19.0 Å². The highest BCUT2D eigenvalue weighted by Crippen LogP contribution is 2.20. The maximum Gasteiger partial charge on any atom is 0.442 e. The summed E-state index contributed by atoms with van der Waals surface area (Å²) in [6.45, 7) is 2.88. The number of hydrogen-bond acceptors (Lipinski definition) is 4. The molecule has 0 atom stereocenters. The number of nitrogens with zero attached hydrogens (tertiary/aromatic N) is 2. The molecule has 0 aliphatic heterocycles. The highest BCUT2D eigenvalue weighted by Gasteiger charge is 2.12. The van der Waals surface area contributed by atoms with Crippen LogP contribution in [0.4, 0.5) is 0 Å². The van der Waals surface area contributed by atoms with E-state index in [4.69, 9.17) is 9.26 Å². The standard InChI is InChI=1S/C14H15BrN2O3/c1-10(9-19-2)6-7-17-13(16-20-14(17)18)11-4-3-5-12(15)8-11/h3-6,8H,7,9H2,1-2H3/b10-6+. The molecule has 0 unspecified atom stereocenters. The molecule has 0 aliphatic rings. The van der Waals surface area contributed by atoms with Crippen LogP contribution < -0.4 is 5.76 Å². The smallest absolute Gasteiger partial charge is 0.380 e. The maximum atomic E-state index is 11.7. The van der Waals surface area contributed by atoms with Crippen LogP contribution in [-0.4, -0.2) is 23.4 Å². The van der Waals surface area contributed by atoms with Gasteiger partial charge in [-0.2, -0.15) is 0 Å². The zero-order chi connectivity index (χ0) is 14.5. The zero-order valence-corrected chi connectivity index (χ0v) is 12.9. The average molecular weight is 339 g/mol. The van der Waals surface area contributed by atoms with Gasteiger partial charge in [-0.05, 0) is 19.1 Å². The van der Waals surface area contributed by atoms with E-state index >= 15 is 0 Å². The summed E-state index contributed by atoms with van der Waals surface area (Å²) in [7, 11) is 1.63. The minimum absolute atomic E-state index is 0.402. The molecule has 0 aliphatic carbocycles. The summed E-state index contributed by atoms with van der Waals surface area (Å²) in [4.78, 5) is 11.7. The monoisotopic (exact) mass is 338 g/mol. The Bertz CT molecular complexity index is 673. The minimum Gasteiger partial charge on any atom is -0.380 e. The molecule has 1 aromatic carbocycles. The van der Waals surface area contributed by atoms with Crippen molar-refractivity contribution in [3.63, 3.8) is 0 Å². The Morgan fingerprint density at radius 1 is 1.55 bits per heavy atom. The third-order valence-electron chi connectivity index (χ3n) is 2.76. The molecule has 1 aromatic heterocycles. The maximum absolute atomic E-state index is 11.7. The number of allylic oxidation sites excluding steroid dienone is 1. The summed E-state index contributed by atoms with van der Waals surface area (Å²) in [5.41, 5.74) is 1.86. The Balaban J connectivity index is 2.33. The lowest BCUT2D eigenvalue weighted by Gasteiger charge is -2.03. The van der Waals surface area contributed by atoms with Crippen molar-refractivity contribution in [1.29, 1.82) is 0 Å². The molecule has 0 saturated heterocycles. The van der Waals surface area contributed by atoms with E-state index in [1.807, 2.05) is 37.3 Å². The molecule has 1 heterocycles. The molecule has 0 amide bonds. The van der Waals surface area contributed by atoms with E-state index in [2.05, 4.69) is 21.1 Å². The summed E-state index contributed by atoms with van der Waals surface area (Å²) in [5, 5.41) is 3.85. The number of methoxy groups -OCH3 is 1. The van der Waals surface area contributed by atoms with Gasteiger partial charge in [-0.3, -0.25) is 9.09 Å². The first-order valence-corrected chi connectivity index (χ1v) is 6.88. The molecule has 0 fully saturated rings. The Hall–Kier alpha value is -1.66. The first-order valence-electron chi connectivity index (χ1n) is 6.09. The van der Waals surface area contributed by atoms with Gasteiger partial charge in [0.15, 0.2) is 5.82 Å². The molecule has 0 radical (unpaired) electrons. The third-order valence-corrected chi connectivity index (χ3v) is 3.26. The first kappa shape index (κ1) is 14.7. The van der Waals surface area contributed by atoms with Gasteiger partial charge in [0.25, 0.3) is 0 Å². The molecule has 0 saturated carbocycles. The summed E-state index contributed by atoms with van der Waals surface area (Å²) in [6, 6.07) is 7.56. The van der Waals surface area contributed by atoms with Crippen molar-refractivity contribution in [3.05, 3.63) is 50.9 Å². The van der Waals surface area contributed by atoms with Gasteiger partial charge in [-0.25, -0.2) is 4.79 Å². The minimum atomic E-state index is -0.471. The molecule has 0 bridgehead atoms. The topological polar surface area (TPSA) is 57.3 Å². The number of hydrogen-bond donors (Lipinski definition) is 0. The second kappa shape index (κ2) is 6.67. The normalized spacial score (nSPS) is 11.8. The predicted molar refractivity (Wildman–Crippen MR) is 79.5 cm³/mol. The van der Waals surface area contributed by atoms with Crippen LogP contribution in [0.2, 0.25) is 0 Å².